The maximum Gasteiger partial charge on any atom is 0.261 e. The van der Waals surface area contributed by atoms with Crippen molar-refractivity contribution in [2.75, 3.05) is 6.61 Å². The molecule has 0 spiro atoms. The molecule has 140 valence electrons. The van der Waals surface area contributed by atoms with Gasteiger partial charge in [-0.3, -0.25) is 0 Å². The second-order valence-electron chi connectivity index (χ2n) is 8.25. The summed E-state index contributed by atoms with van der Waals surface area (Å²) in [4.78, 5) is 0. The first-order valence-electron chi connectivity index (χ1n) is 9.74. The van der Waals surface area contributed by atoms with Crippen LogP contribution in [-0.2, 0) is 10.8 Å². The first-order chi connectivity index (χ1) is 12.9. The van der Waals surface area contributed by atoms with Crippen molar-refractivity contribution in [2.45, 2.75) is 39.2 Å². The van der Waals surface area contributed by atoms with Gasteiger partial charge in [-0.25, -0.2) is 0 Å². The number of hydrogen-bond acceptors (Lipinski definition) is 1. The molecule has 0 radical (unpaired) electrons. The maximum atomic E-state index is 6.94. The van der Waals surface area contributed by atoms with Gasteiger partial charge in [-0.2, -0.15) is 0 Å². The highest BCUT2D eigenvalue weighted by molar-refractivity contribution is 6.99. The summed E-state index contributed by atoms with van der Waals surface area (Å²) < 4.78 is 6.94. The highest BCUT2D eigenvalue weighted by atomic mass is 28.4. The molecule has 0 N–H and O–H groups in total. The van der Waals surface area contributed by atoms with Gasteiger partial charge in [-0.1, -0.05) is 111 Å². The summed E-state index contributed by atoms with van der Waals surface area (Å²) in [6, 6.07) is 30.5. The van der Waals surface area contributed by atoms with E-state index in [2.05, 4.69) is 113 Å². The normalized spacial score (nSPS) is 12.1. The molecule has 2 heteroatoms. The fourth-order valence-corrected chi connectivity index (χ4v) is 8.40. The fraction of sp³-hybridized carbons (Fsp3) is 0.280. The van der Waals surface area contributed by atoms with Gasteiger partial charge in [0.25, 0.3) is 8.32 Å². The van der Waals surface area contributed by atoms with Crippen molar-refractivity contribution in [1.82, 2.24) is 0 Å². The Labute approximate surface area is 165 Å². The summed E-state index contributed by atoms with van der Waals surface area (Å²) in [5, 5.41) is 2.71. The quantitative estimate of drug-likeness (QED) is 0.545. The van der Waals surface area contributed by atoms with Crippen molar-refractivity contribution in [2.24, 2.45) is 0 Å². The van der Waals surface area contributed by atoms with Crippen molar-refractivity contribution in [1.29, 1.82) is 0 Å². The Morgan fingerprint density at radius 2 is 1.19 bits per heavy atom. The lowest BCUT2D eigenvalue weighted by Crippen LogP contribution is -2.66. The third-order valence-corrected chi connectivity index (χ3v) is 10.3. The molecule has 0 amide bonds. The largest absolute Gasteiger partial charge is 0.407 e. The molecule has 3 aromatic rings. The van der Waals surface area contributed by atoms with Crippen LogP contribution in [0, 0.1) is 6.92 Å². The van der Waals surface area contributed by atoms with Gasteiger partial charge in [0.05, 0.1) is 0 Å². The van der Waals surface area contributed by atoms with Gasteiger partial charge >= 0.3 is 0 Å². The Balaban J connectivity index is 1.97. The fourth-order valence-electron chi connectivity index (χ4n) is 3.84. The van der Waals surface area contributed by atoms with Crippen LogP contribution in [0.15, 0.2) is 84.9 Å². The van der Waals surface area contributed by atoms with E-state index in [4.69, 9.17) is 4.43 Å². The zero-order valence-corrected chi connectivity index (χ0v) is 17.9. The van der Waals surface area contributed by atoms with E-state index < -0.39 is 8.32 Å². The Hall–Kier alpha value is -2.16. The van der Waals surface area contributed by atoms with Crippen molar-refractivity contribution in [3.63, 3.8) is 0 Å². The Kier molecular flexibility index (Phi) is 5.98. The van der Waals surface area contributed by atoms with Gasteiger partial charge in [0.15, 0.2) is 0 Å². The zero-order chi connectivity index (χ0) is 19.3. The predicted molar refractivity (Wildman–Crippen MR) is 118 cm³/mol. The molecule has 0 saturated carbocycles. The standard InChI is InChI=1S/C25H30OSi/c1-21-15-17-22(18-16-21)19-20-26-27(25(2,3)4,23-11-7-5-8-12-23)24-13-9-6-10-14-24/h5-18H,19-20H2,1-4H3. The molecular formula is C25H30OSi. The van der Waals surface area contributed by atoms with Crippen LogP contribution < -0.4 is 10.4 Å². The van der Waals surface area contributed by atoms with E-state index in [1.165, 1.54) is 21.5 Å². The van der Waals surface area contributed by atoms with Gasteiger partial charge in [-0.15, -0.1) is 0 Å². The van der Waals surface area contributed by atoms with Crippen LogP contribution in [0.4, 0.5) is 0 Å². The summed E-state index contributed by atoms with van der Waals surface area (Å²) in [6.07, 6.45) is 0.935. The average molecular weight is 375 g/mol. The molecule has 0 aliphatic heterocycles. The van der Waals surface area contributed by atoms with Gasteiger partial charge in [0, 0.05) is 6.61 Å². The minimum Gasteiger partial charge on any atom is -0.407 e. The van der Waals surface area contributed by atoms with Crippen LogP contribution in [0.2, 0.25) is 5.04 Å². The van der Waals surface area contributed by atoms with E-state index in [-0.39, 0.29) is 5.04 Å². The third kappa shape index (κ3) is 4.23. The molecule has 0 bridgehead atoms. The minimum atomic E-state index is -2.41. The van der Waals surface area contributed by atoms with Crippen LogP contribution in [0.25, 0.3) is 0 Å². The van der Waals surface area contributed by atoms with E-state index in [0.29, 0.717) is 0 Å². The monoisotopic (exact) mass is 374 g/mol. The van der Waals surface area contributed by atoms with Gasteiger partial charge in [-0.05, 0) is 34.3 Å². The molecular weight excluding hydrogens is 344 g/mol. The molecule has 0 aliphatic rings. The highest BCUT2D eigenvalue weighted by Crippen LogP contribution is 2.36. The topological polar surface area (TPSA) is 9.23 Å². The Bertz CT molecular complexity index is 794. The summed E-state index contributed by atoms with van der Waals surface area (Å²) in [7, 11) is -2.41. The van der Waals surface area contributed by atoms with Crippen LogP contribution in [0.5, 0.6) is 0 Å². The molecule has 0 aromatic heterocycles. The molecule has 0 aliphatic carbocycles. The number of aryl methyl sites for hydroxylation is 1. The molecule has 3 rings (SSSR count). The van der Waals surface area contributed by atoms with E-state index >= 15 is 0 Å². The summed E-state index contributed by atoms with van der Waals surface area (Å²) in [6.45, 7) is 9.83. The van der Waals surface area contributed by atoms with Gasteiger partial charge in [0.1, 0.15) is 0 Å². The van der Waals surface area contributed by atoms with Crippen molar-refractivity contribution < 1.29 is 4.43 Å². The third-order valence-electron chi connectivity index (χ3n) is 5.25. The van der Waals surface area contributed by atoms with E-state index in [1.54, 1.807) is 0 Å². The van der Waals surface area contributed by atoms with Crippen molar-refractivity contribution in [3.05, 3.63) is 96.1 Å². The van der Waals surface area contributed by atoms with Crippen LogP contribution in [0.1, 0.15) is 31.9 Å². The van der Waals surface area contributed by atoms with E-state index in [9.17, 15) is 0 Å². The lowest BCUT2D eigenvalue weighted by molar-refractivity contribution is 0.302. The van der Waals surface area contributed by atoms with Crippen molar-refractivity contribution in [3.8, 4) is 0 Å². The average Bonchev–Trinajstić information content (AvgIpc) is 2.67. The van der Waals surface area contributed by atoms with Crippen LogP contribution >= 0.6 is 0 Å². The maximum absolute atomic E-state index is 6.94. The molecule has 0 heterocycles. The molecule has 0 unspecified atom stereocenters. The first kappa shape index (κ1) is 19.6. The Morgan fingerprint density at radius 1 is 0.704 bits per heavy atom. The minimum absolute atomic E-state index is 0.0307. The molecule has 3 aromatic carbocycles. The lowest BCUT2D eigenvalue weighted by atomic mass is 10.1. The van der Waals surface area contributed by atoms with E-state index in [0.717, 1.165) is 13.0 Å². The summed E-state index contributed by atoms with van der Waals surface area (Å²) >= 11 is 0. The van der Waals surface area contributed by atoms with Gasteiger partial charge in [0.2, 0.25) is 0 Å². The predicted octanol–water partition coefficient (Wildman–Crippen LogP) is 5.11. The van der Waals surface area contributed by atoms with Gasteiger partial charge < -0.3 is 4.43 Å². The number of rotatable bonds is 6. The van der Waals surface area contributed by atoms with Crippen LogP contribution in [0.3, 0.4) is 0 Å². The summed E-state index contributed by atoms with van der Waals surface area (Å²) in [5.41, 5.74) is 2.63. The second kappa shape index (κ2) is 8.24. The molecule has 27 heavy (non-hydrogen) atoms. The summed E-state index contributed by atoms with van der Waals surface area (Å²) in [5.74, 6) is 0. The van der Waals surface area contributed by atoms with E-state index in [1.807, 2.05) is 0 Å². The highest BCUT2D eigenvalue weighted by Gasteiger charge is 2.49. The smallest absolute Gasteiger partial charge is 0.261 e. The molecule has 1 nitrogen and oxygen atoms in total. The SMILES string of the molecule is Cc1ccc(CCO[Si](c2ccccc2)(c2ccccc2)C(C)(C)C)cc1. The number of benzene rings is 3. The lowest BCUT2D eigenvalue weighted by Gasteiger charge is -2.43. The Morgan fingerprint density at radius 3 is 1.63 bits per heavy atom. The molecule has 0 fully saturated rings. The second-order valence-corrected chi connectivity index (χ2v) is 12.6. The van der Waals surface area contributed by atoms with Crippen LogP contribution in [-0.4, -0.2) is 14.9 Å². The molecule has 0 saturated heterocycles. The molecule has 0 atom stereocenters. The zero-order valence-electron chi connectivity index (χ0n) is 16.9. The number of hydrogen-bond donors (Lipinski definition) is 0. The first-order valence-corrected chi connectivity index (χ1v) is 11.6. The van der Waals surface area contributed by atoms with Crippen molar-refractivity contribution >= 4 is 18.7 Å².